The van der Waals surface area contributed by atoms with Crippen LogP contribution in [0.1, 0.15) is 21.2 Å². The molecule has 0 radical (unpaired) electrons. The number of aromatic nitrogens is 6. The van der Waals surface area contributed by atoms with Crippen molar-refractivity contribution in [3.63, 3.8) is 0 Å². The Morgan fingerprint density at radius 3 is 2.64 bits per heavy atom. The molecule has 33 heavy (non-hydrogen) atoms. The summed E-state index contributed by atoms with van der Waals surface area (Å²) >= 11 is 7.73. The number of carbonyl (C=O) groups excluding carboxylic acids is 1. The maximum absolute atomic E-state index is 13.1. The predicted molar refractivity (Wildman–Crippen MR) is 127 cm³/mol. The smallest absolute Gasteiger partial charge is 0.265 e. The van der Waals surface area contributed by atoms with E-state index in [4.69, 9.17) is 16.3 Å². The number of ether oxygens (including phenoxy) is 1. The highest BCUT2D eigenvalue weighted by atomic mass is 35.5. The van der Waals surface area contributed by atoms with Crippen molar-refractivity contribution in [1.29, 1.82) is 0 Å². The summed E-state index contributed by atoms with van der Waals surface area (Å²) in [5.74, 6) is 0.951. The van der Waals surface area contributed by atoms with Crippen molar-refractivity contribution in [2.24, 2.45) is 0 Å². The Morgan fingerprint density at radius 1 is 1.09 bits per heavy atom. The summed E-state index contributed by atoms with van der Waals surface area (Å²) < 4.78 is 8.76. The lowest BCUT2D eigenvalue weighted by molar-refractivity contribution is 0.103. The molecule has 166 valence electrons. The van der Waals surface area contributed by atoms with Crippen LogP contribution in [0.25, 0.3) is 21.6 Å². The second-order valence-corrected chi connectivity index (χ2v) is 8.69. The maximum Gasteiger partial charge on any atom is 0.265 e. The van der Waals surface area contributed by atoms with Crippen LogP contribution in [0.4, 0.5) is 5.69 Å². The maximum atomic E-state index is 13.1. The third-order valence-corrected chi connectivity index (χ3v) is 6.57. The van der Waals surface area contributed by atoms with Gasteiger partial charge in [0.1, 0.15) is 16.3 Å². The van der Waals surface area contributed by atoms with E-state index < -0.39 is 0 Å². The van der Waals surface area contributed by atoms with Gasteiger partial charge in [0.15, 0.2) is 5.82 Å². The summed E-state index contributed by atoms with van der Waals surface area (Å²) in [6, 6.07) is 14.6. The summed E-state index contributed by atoms with van der Waals surface area (Å²) in [7, 11) is 1.57. The number of nitrogens with one attached hydrogen (secondary N) is 1. The van der Waals surface area contributed by atoms with Crippen molar-refractivity contribution in [3.8, 4) is 17.1 Å². The van der Waals surface area contributed by atoms with Crippen molar-refractivity contribution in [2.75, 3.05) is 12.4 Å². The van der Waals surface area contributed by atoms with Gasteiger partial charge in [-0.2, -0.15) is 9.78 Å². The fraction of sp³-hybridized carbons (Fsp3) is 0.136. The number of rotatable bonds is 5. The Bertz CT molecular complexity index is 1500. The number of hydrogen-bond donors (Lipinski definition) is 1. The number of nitrogens with zero attached hydrogens (tertiary/aromatic N) is 6. The number of methoxy groups -OCH3 is 1. The molecule has 0 unspecified atom stereocenters. The van der Waals surface area contributed by atoms with Gasteiger partial charge in [-0.3, -0.25) is 4.79 Å². The van der Waals surface area contributed by atoms with Crippen LogP contribution < -0.4 is 10.1 Å². The molecule has 1 N–H and O–H groups in total. The minimum Gasteiger partial charge on any atom is -0.494 e. The average Bonchev–Trinajstić information content (AvgIpc) is 3.51. The molecule has 0 bridgehead atoms. The molecule has 0 fully saturated rings. The van der Waals surface area contributed by atoms with Crippen LogP contribution in [-0.4, -0.2) is 43.0 Å². The van der Waals surface area contributed by atoms with Crippen LogP contribution in [0, 0.1) is 13.8 Å². The van der Waals surface area contributed by atoms with E-state index in [0.717, 1.165) is 21.6 Å². The van der Waals surface area contributed by atoms with E-state index >= 15 is 0 Å². The van der Waals surface area contributed by atoms with Gasteiger partial charge in [-0.25, -0.2) is 4.68 Å². The molecule has 0 saturated carbocycles. The van der Waals surface area contributed by atoms with Gasteiger partial charge in [-0.05, 0) is 60.7 Å². The average molecular weight is 480 g/mol. The molecule has 0 atom stereocenters. The molecule has 3 aromatic heterocycles. The number of carbonyl (C=O) groups is 1. The standard InChI is InChI=1S/C22H18ClN7O2S/c1-12-15-11-20(33-22(15)30(26-12)17-7-5-4-6-16(17)23)21(31)24-14-8-9-19(32-3)18(10-14)29-13(2)25-27-28-29/h4-11H,1-3H3,(H,24,31). The molecule has 2 aromatic carbocycles. The zero-order chi connectivity index (χ0) is 23.1. The van der Waals surface area contributed by atoms with Crippen molar-refractivity contribution >= 4 is 44.7 Å². The number of tetrazole rings is 1. The third-order valence-electron chi connectivity index (χ3n) is 5.14. The Morgan fingerprint density at radius 2 is 1.91 bits per heavy atom. The first-order valence-electron chi connectivity index (χ1n) is 9.95. The summed E-state index contributed by atoms with van der Waals surface area (Å²) in [5, 5.41) is 20.6. The first-order valence-corrected chi connectivity index (χ1v) is 11.1. The molecule has 3 heterocycles. The molecule has 5 aromatic rings. The van der Waals surface area contributed by atoms with E-state index in [-0.39, 0.29) is 5.91 Å². The Kier molecular flexibility index (Phi) is 5.31. The van der Waals surface area contributed by atoms with Gasteiger partial charge in [0.05, 0.1) is 28.4 Å². The second-order valence-electron chi connectivity index (χ2n) is 7.26. The molecule has 0 aliphatic rings. The van der Waals surface area contributed by atoms with Gasteiger partial charge < -0.3 is 10.1 Å². The minimum absolute atomic E-state index is 0.231. The van der Waals surface area contributed by atoms with E-state index in [1.54, 1.807) is 41.6 Å². The molecule has 1 amide bonds. The number of halogens is 1. The molecule has 0 spiro atoms. The van der Waals surface area contributed by atoms with Crippen LogP contribution in [-0.2, 0) is 0 Å². The van der Waals surface area contributed by atoms with Crippen LogP contribution >= 0.6 is 22.9 Å². The van der Waals surface area contributed by atoms with E-state index in [1.807, 2.05) is 37.3 Å². The predicted octanol–water partition coefficient (Wildman–Crippen LogP) is 4.59. The zero-order valence-corrected chi connectivity index (χ0v) is 19.5. The van der Waals surface area contributed by atoms with Crippen molar-refractivity contribution in [1.82, 2.24) is 30.0 Å². The monoisotopic (exact) mass is 479 g/mol. The highest BCUT2D eigenvalue weighted by Crippen LogP contribution is 2.33. The van der Waals surface area contributed by atoms with Gasteiger partial charge in [0.25, 0.3) is 5.91 Å². The number of fused-ring (bicyclic) bond motifs is 1. The summed E-state index contributed by atoms with van der Waals surface area (Å²) in [4.78, 5) is 14.5. The van der Waals surface area contributed by atoms with Crippen molar-refractivity contribution < 1.29 is 9.53 Å². The number of hydrogen-bond acceptors (Lipinski definition) is 7. The molecule has 0 aliphatic heterocycles. The van der Waals surface area contributed by atoms with Crippen LogP contribution in [0.5, 0.6) is 5.75 Å². The summed E-state index contributed by atoms with van der Waals surface area (Å²) in [6.07, 6.45) is 0. The quantitative estimate of drug-likeness (QED) is 0.395. The Hall–Kier alpha value is -3.76. The SMILES string of the molecule is COc1ccc(NC(=O)c2cc3c(C)nn(-c4ccccc4Cl)c3s2)cc1-n1nnnc1C. The van der Waals surface area contributed by atoms with E-state index in [9.17, 15) is 4.79 Å². The fourth-order valence-electron chi connectivity index (χ4n) is 3.53. The number of thiophene rings is 1. The number of anilines is 1. The molecule has 11 heteroatoms. The van der Waals surface area contributed by atoms with Gasteiger partial charge in [0.2, 0.25) is 0 Å². The largest absolute Gasteiger partial charge is 0.494 e. The van der Waals surface area contributed by atoms with Gasteiger partial charge in [-0.15, -0.1) is 16.4 Å². The molecule has 0 aliphatic carbocycles. The molecule has 5 rings (SSSR count). The zero-order valence-electron chi connectivity index (χ0n) is 17.9. The topological polar surface area (TPSA) is 99.8 Å². The fourth-order valence-corrected chi connectivity index (χ4v) is 4.81. The molecule has 9 nitrogen and oxygen atoms in total. The number of para-hydroxylation sites is 1. The number of aryl methyl sites for hydroxylation is 2. The van der Waals surface area contributed by atoms with Gasteiger partial charge in [0, 0.05) is 11.1 Å². The first-order chi connectivity index (χ1) is 16.0. The second kappa shape index (κ2) is 8.30. The van der Waals surface area contributed by atoms with Crippen LogP contribution in [0.15, 0.2) is 48.5 Å². The number of amides is 1. The lowest BCUT2D eigenvalue weighted by Gasteiger charge is -2.11. The van der Waals surface area contributed by atoms with Gasteiger partial charge in [-0.1, -0.05) is 23.7 Å². The van der Waals surface area contributed by atoms with Crippen molar-refractivity contribution in [3.05, 3.63) is 69.9 Å². The summed E-state index contributed by atoms with van der Waals surface area (Å²) in [6.45, 7) is 3.70. The van der Waals surface area contributed by atoms with E-state index in [0.29, 0.717) is 32.8 Å². The minimum atomic E-state index is -0.231. The van der Waals surface area contributed by atoms with Crippen LogP contribution in [0.3, 0.4) is 0 Å². The molecular weight excluding hydrogens is 462 g/mol. The highest BCUT2D eigenvalue weighted by Gasteiger charge is 2.19. The Balaban J connectivity index is 1.49. The number of benzene rings is 2. The normalized spacial score (nSPS) is 11.2. The molecular formula is C22H18ClN7O2S. The highest BCUT2D eigenvalue weighted by molar-refractivity contribution is 7.20. The lowest BCUT2D eigenvalue weighted by atomic mass is 10.2. The summed E-state index contributed by atoms with van der Waals surface area (Å²) in [5.41, 5.74) is 2.80. The van der Waals surface area contributed by atoms with Crippen molar-refractivity contribution in [2.45, 2.75) is 13.8 Å². The van der Waals surface area contributed by atoms with Crippen LogP contribution in [0.2, 0.25) is 5.02 Å². The Labute approximate surface area is 197 Å². The molecule has 0 saturated heterocycles. The van der Waals surface area contributed by atoms with E-state index in [1.165, 1.54) is 11.3 Å². The van der Waals surface area contributed by atoms with E-state index in [2.05, 4.69) is 25.9 Å². The third kappa shape index (κ3) is 3.73. The first kappa shape index (κ1) is 21.1. The lowest BCUT2D eigenvalue weighted by Crippen LogP contribution is -2.11. The van der Waals surface area contributed by atoms with Gasteiger partial charge >= 0.3 is 0 Å².